The molecule has 1 aliphatic rings. The van der Waals surface area contributed by atoms with Crippen molar-refractivity contribution < 1.29 is 23.8 Å². The number of piperazine rings is 1. The van der Waals surface area contributed by atoms with Crippen molar-refractivity contribution in [2.75, 3.05) is 24.5 Å². The molecule has 1 atom stereocenters. The van der Waals surface area contributed by atoms with Crippen molar-refractivity contribution in [3.05, 3.63) is 23.8 Å². The average molecular weight is 339 g/mol. The number of carbonyl (C=O) groups excluding carboxylic acids is 1. The summed E-state index contributed by atoms with van der Waals surface area (Å²) in [4.78, 5) is 30.2. The summed E-state index contributed by atoms with van der Waals surface area (Å²) in [5.74, 6) is -2.27. The van der Waals surface area contributed by atoms with Crippen LogP contribution in [0.4, 0.5) is 14.9 Å². The van der Waals surface area contributed by atoms with Gasteiger partial charge in [-0.1, -0.05) is 0 Å². The molecule has 1 aliphatic heterocycles. The Hall–Kier alpha value is -2.38. The topological polar surface area (TPSA) is 83.0 Å². The van der Waals surface area contributed by atoms with Crippen LogP contribution in [0.25, 0.3) is 0 Å². The van der Waals surface area contributed by atoms with Crippen LogP contribution in [0.3, 0.4) is 0 Å². The van der Waals surface area contributed by atoms with E-state index in [-0.39, 0.29) is 12.1 Å². The van der Waals surface area contributed by atoms with Gasteiger partial charge in [-0.25, -0.2) is 19.0 Å². The molecule has 1 amide bonds. The molecule has 0 saturated carbocycles. The molecule has 1 aromatic rings. The van der Waals surface area contributed by atoms with Crippen LogP contribution in [-0.2, 0) is 4.74 Å². The number of carboxylic acids is 1. The Kier molecular flexibility index (Phi) is 4.96. The molecule has 7 nitrogen and oxygen atoms in total. The van der Waals surface area contributed by atoms with Gasteiger partial charge < -0.3 is 19.6 Å². The van der Waals surface area contributed by atoms with E-state index in [4.69, 9.17) is 9.84 Å². The highest BCUT2D eigenvalue weighted by Gasteiger charge is 2.31. The van der Waals surface area contributed by atoms with Gasteiger partial charge in [0.2, 0.25) is 0 Å². The lowest BCUT2D eigenvalue weighted by atomic mass is 10.1. The van der Waals surface area contributed by atoms with Crippen molar-refractivity contribution in [1.82, 2.24) is 9.88 Å². The average Bonchev–Trinajstić information content (AvgIpc) is 2.44. The molecule has 0 unspecified atom stereocenters. The van der Waals surface area contributed by atoms with Crippen LogP contribution in [0, 0.1) is 5.82 Å². The SMILES string of the molecule is C[C@@H]1CN(c2cnc(C(=O)O)c(F)c2)CCN1C(=O)OC(C)(C)C. The van der Waals surface area contributed by atoms with E-state index in [0.29, 0.717) is 25.3 Å². The molecule has 1 fully saturated rings. The normalized spacial score (nSPS) is 18.5. The van der Waals surface area contributed by atoms with Crippen molar-refractivity contribution in [2.24, 2.45) is 0 Å². The monoisotopic (exact) mass is 339 g/mol. The lowest BCUT2D eigenvalue weighted by molar-refractivity contribution is 0.0158. The molecule has 24 heavy (non-hydrogen) atoms. The molecule has 1 saturated heterocycles. The molecule has 1 aromatic heterocycles. The molecule has 0 bridgehead atoms. The highest BCUT2D eigenvalue weighted by atomic mass is 19.1. The molecular formula is C16H22FN3O4. The van der Waals surface area contributed by atoms with Crippen LogP contribution in [0.1, 0.15) is 38.2 Å². The van der Waals surface area contributed by atoms with Crippen LogP contribution < -0.4 is 4.90 Å². The molecule has 0 aromatic carbocycles. The fourth-order valence-electron chi connectivity index (χ4n) is 2.54. The fourth-order valence-corrected chi connectivity index (χ4v) is 2.54. The lowest BCUT2D eigenvalue weighted by Crippen LogP contribution is -2.55. The second-order valence-electron chi connectivity index (χ2n) is 6.80. The number of pyridine rings is 1. The van der Waals surface area contributed by atoms with E-state index in [0.717, 1.165) is 6.07 Å². The summed E-state index contributed by atoms with van der Waals surface area (Å²) in [5, 5.41) is 8.82. The van der Waals surface area contributed by atoms with E-state index in [1.165, 1.54) is 6.20 Å². The van der Waals surface area contributed by atoms with Crippen LogP contribution in [0.2, 0.25) is 0 Å². The van der Waals surface area contributed by atoms with Gasteiger partial charge >= 0.3 is 12.1 Å². The number of ether oxygens (including phenoxy) is 1. The van der Waals surface area contributed by atoms with Gasteiger partial charge in [0.25, 0.3) is 0 Å². The summed E-state index contributed by atoms with van der Waals surface area (Å²) in [5.41, 5.74) is -0.666. The van der Waals surface area contributed by atoms with Gasteiger partial charge in [0.05, 0.1) is 11.9 Å². The summed E-state index contributed by atoms with van der Waals surface area (Å²) in [6, 6.07) is 1.03. The predicted molar refractivity (Wildman–Crippen MR) is 85.8 cm³/mol. The third kappa shape index (κ3) is 4.12. The van der Waals surface area contributed by atoms with Gasteiger partial charge in [-0.3, -0.25) is 0 Å². The maximum atomic E-state index is 13.8. The Morgan fingerprint density at radius 2 is 2.04 bits per heavy atom. The lowest BCUT2D eigenvalue weighted by Gasteiger charge is -2.41. The number of nitrogens with zero attached hydrogens (tertiary/aromatic N) is 3. The van der Waals surface area contributed by atoms with Crippen molar-refractivity contribution in [2.45, 2.75) is 39.3 Å². The van der Waals surface area contributed by atoms with Crippen LogP contribution in [0.15, 0.2) is 12.3 Å². The second kappa shape index (κ2) is 6.62. The fraction of sp³-hybridized carbons (Fsp3) is 0.562. The number of aromatic nitrogens is 1. The van der Waals surface area contributed by atoms with E-state index in [2.05, 4.69) is 4.98 Å². The standard InChI is InChI=1S/C16H22FN3O4/c1-10-9-19(5-6-20(10)15(23)24-16(2,3)4)11-7-12(17)13(14(21)22)18-8-11/h7-8,10H,5-6,9H2,1-4H3,(H,21,22)/t10-/m1/s1. The number of hydrogen-bond donors (Lipinski definition) is 1. The number of amides is 1. The summed E-state index contributed by atoms with van der Waals surface area (Å²) < 4.78 is 19.2. The summed E-state index contributed by atoms with van der Waals surface area (Å²) in [7, 11) is 0. The molecule has 8 heteroatoms. The first-order valence-electron chi connectivity index (χ1n) is 7.72. The van der Waals surface area contributed by atoms with E-state index < -0.39 is 23.1 Å². The third-order valence-electron chi connectivity index (χ3n) is 3.65. The number of anilines is 1. The van der Waals surface area contributed by atoms with Gasteiger partial charge in [0, 0.05) is 31.7 Å². The maximum absolute atomic E-state index is 13.8. The highest BCUT2D eigenvalue weighted by Crippen LogP contribution is 2.22. The Labute approximate surface area is 140 Å². The third-order valence-corrected chi connectivity index (χ3v) is 3.65. The molecule has 0 radical (unpaired) electrons. The minimum Gasteiger partial charge on any atom is -0.476 e. The number of carbonyl (C=O) groups is 2. The Balaban J connectivity index is 2.07. The van der Waals surface area contributed by atoms with Crippen molar-refractivity contribution in [3.8, 4) is 0 Å². The van der Waals surface area contributed by atoms with Crippen LogP contribution >= 0.6 is 0 Å². The van der Waals surface area contributed by atoms with Gasteiger partial charge in [0.1, 0.15) is 5.60 Å². The molecule has 1 N–H and O–H groups in total. The van der Waals surface area contributed by atoms with Gasteiger partial charge in [-0.2, -0.15) is 0 Å². The van der Waals surface area contributed by atoms with Crippen LogP contribution in [-0.4, -0.2) is 58.3 Å². The first kappa shape index (κ1) is 18.0. The van der Waals surface area contributed by atoms with Crippen molar-refractivity contribution >= 4 is 17.7 Å². The Bertz CT molecular complexity index is 645. The smallest absolute Gasteiger partial charge is 0.410 e. The largest absolute Gasteiger partial charge is 0.476 e. The Morgan fingerprint density at radius 1 is 1.38 bits per heavy atom. The maximum Gasteiger partial charge on any atom is 0.410 e. The van der Waals surface area contributed by atoms with Crippen LogP contribution in [0.5, 0.6) is 0 Å². The number of aromatic carboxylic acids is 1. The van der Waals surface area contributed by atoms with E-state index in [1.54, 1.807) is 4.90 Å². The molecule has 0 spiro atoms. The quantitative estimate of drug-likeness (QED) is 0.891. The second-order valence-corrected chi connectivity index (χ2v) is 6.80. The minimum atomic E-state index is -1.40. The zero-order valence-corrected chi connectivity index (χ0v) is 14.2. The van der Waals surface area contributed by atoms with Gasteiger partial charge in [-0.05, 0) is 27.7 Å². The Morgan fingerprint density at radius 3 is 2.54 bits per heavy atom. The molecule has 2 rings (SSSR count). The van der Waals surface area contributed by atoms with E-state index in [9.17, 15) is 14.0 Å². The summed E-state index contributed by atoms with van der Waals surface area (Å²) in [6.45, 7) is 8.70. The summed E-state index contributed by atoms with van der Waals surface area (Å²) in [6.07, 6.45) is 0.961. The summed E-state index contributed by atoms with van der Waals surface area (Å²) >= 11 is 0. The van der Waals surface area contributed by atoms with E-state index >= 15 is 0 Å². The number of halogens is 1. The van der Waals surface area contributed by atoms with Crippen molar-refractivity contribution in [3.63, 3.8) is 0 Å². The van der Waals surface area contributed by atoms with Crippen molar-refractivity contribution in [1.29, 1.82) is 0 Å². The van der Waals surface area contributed by atoms with E-state index in [1.807, 2.05) is 32.6 Å². The predicted octanol–water partition coefficient (Wildman–Crippen LogP) is 2.36. The zero-order valence-electron chi connectivity index (χ0n) is 14.2. The molecule has 132 valence electrons. The zero-order chi connectivity index (χ0) is 18.1. The number of carboxylic acid groups (broad SMARTS) is 1. The molecule has 2 heterocycles. The van der Waals surface area contributed by atoms with Gasteiger partial charge in [0.15, 0.2) is 11.5 Å². The number of hydrogen-bond acceptors (Lipinski definition) is 5. The molecular weight excluding hydrogens is 317 g/mol. The number of rotatable bonds is 2. The van der Waals surface area contributed by atoms with Gasteiger partial charge in [-0.15, -0.1) is 0 Å². The minimum absolute atomic E-state index is 0.129. The highest BCUT2D eigenvalue weighted by molar-refractivity contribution is 5.85. The first-order valence-corrected chi connectivity index (χ1v) is 7.72. The first-order chi connectivity index (χ1) is 11.1. The molecule has 0 aliphatic carbocycles.